The topological polar surface area (TPSA) is 9.72 Å². The molecule has 0 spiro atoms. The molecule has 2 heterocycles. The Balaban J connectivity index is 1.70. The molecule has 0 saturated carbocycles. The number of nitrogens with zero attached hydrogens (tertiary/aromatic N) is 3. The lowest BCUT2D eigenvalue weighted by Gasteiger charge is -2.47. The number of likely N-dealkylation sites (tertiary alicyclic amines) is 1. The maximum absolute atomic E-state index is 2.69. The molecule has 2 aliphatic rings. The monoisotopic (exact) mass is 253 g/mol. The number of rotatable bonds is 4. The van der Waals surface area contributed by atoms with Gasteiger partial charge in [-0.05, 0) is 40.5 Å². The fourth-order valence-electron chi connectivity index (χ4n) is 3.49. The SMILES string of the molecule is CC(C)N1CC(CN2CCN(C(C)C)[C@@H](C)C2)C1. The van der Waals surface area contributed by atoms with Crippen molar-refractivity contribution in [2.24, 2.45) is 5.92 Å². The zero-order valence-corrected chi connectivity index (χ0v) is 12.9. The van der Waals surface area contributed by atoms with E-state index in [1.165, 1.54) is 39.3 Å². The molecule has 0 aliphatic carbocycles. The third-order valence-electron chi connectivity index (χ3n) is 4.66. The van der Waals surface area contributed by atoms with Gasteiger partial charge in [-0.3, -0.25) is 4.90 Å². The molecule has 2 saturated heterocycles. The normalized spacial score (nSPS) is 29.2. The van der Waals surface area contributed by atoms with Gasteiger partial charge in [-0.25, -0.2) is 0 Å². The molecule has 18 heavy (non-hydrogen) atoms. The van der Waals surface area contributed by atoms with Crippen LogP contribution >= 0.6 is 0 Å². The fourth-order valence-corrected chi connectivity index (χ4v) is 3.49. The van der Waals surface area contributed by atoms with Crippen LogP contribution in [-0.4, -0.2) is 72.1 Å². The van der Waals surface area contributed by atoms with Crippen LogP contribution in [0.1, 0.15) is 34.6 Å². The second kappa shape index (κ2) is 5.89. The van der Waals surface area contributed by atoms with Gasteiger partial charge in [0.1, 0.15) is 0 Å². The third kappa shape index (κ3) is 3.25. The minimum atomic E-state index is 0.697. The highest BCUT2D eigenvalue weighted by Crippen LogP contribution is 2.21. The Morgan fingerprint density at radius 1 is 0.944 bits per heavy atom. The van der Waals surface area contributed by atoms with Crippen LogP contribution in [0.5, 0.6) is 0 Å². The molecule has 2 rings (SSSR count). The van der Waals surface area contributed by atoms with Gasteiger partial charge in [-0.2, -0.15) is 0 Å². The van der Waals surface area contributed by atoms with Crippen LogP contribution in [-0.2, 0) is 0 Å². The molecular weight excluding hydrogens is 222 g/mol. The van der Waals surface area contributed by atoms with Crippen molar-refractivity contribution in [3.8, 4) is 0 Å². The number of hydrogen-bond acceptors (Lipinski definition) is 3. The first-order valence-electron chi connectivity index (χ1n) is 7.69. The predicted molar refractivity (Wildman–Crippen MR) is 77.9 cm³/mol. The van der Waals surface area contributed by atoms with E-state index < -0.39 is 0 Å². The molecule has 0 radical (unpaired) electrons. The lowest BCUT2D eigenvalue weighted by atomic mass is 9.97. The molecule has 2 aliphatic heterocycles. The first-order valence-corrected chi connectivity index (χ1v) is 7.69. The van der Waals surface area contributed by atoms with Gasteiger partial charge >= 0.3 is 0 Å². The van der Waals surface area contributed by atoms with Crippen LogP contribution < -0.4 is 0 Å². The summed E-state index contributed by atoms with van der Waals surface area (Å²) in [6.07, 6.45) is 0. The van der Waals surface area contributed by atoms with Crippen LogP contribution in [0.4, 0.5) is 0 Å². The lowest BCUT2D eigenvalue weighted by molar-refractivity contribution is 0.00876. The molecule has 0 N–H and O–H groups in total. The molecule has 3 nitrogen and oxygen atoms in total. The van der Waals surface area contributed by atoms with Gasteiger partial charge in [0.15, 0.2) is 0 Å². The summed E-state index contributed by atoms with van der Waals surface area (Å²) < 4.78 is 0. The van der Waals surface area contributed by atoms with Crippen molar-refractivity contribution < 1.29 is 0 Å². The van der Waals surface area contributed by atoms with Crippen molar-refractivity contribution in [1.82, 2.24) is 14.7 Å². The minimum Gasteiger partial charge on any atom is -0.300 e. The molecule has 1 atom stereocenters. The zero-order chi connectivity index (χ0) is 13.3. The largest absolute Gasteiger partial charge is 0.300 e. The quantitative estimate of drug-likeness (QED) is 0.756. The van der Waals surface area contributed by atoms with Crippen molar-refractivity contribution in [1.29, 1.82) is 0 Å². The number of hydrogen-bond donors (Lipinski definition) is 0. The highest BCUT2D eigenvalue weighted by Gasteiger charge is 2.32. The maximum atomic E-state index is 2.69. The molecule has 2 fully saturated rings. The van der Waals surface area contributed by atoms with Gasteiger partial charge in [-0.1, -0.05) is 0 Å². The second-order valence-corrected chi connectivity index (χ2v) is 6.85. The van der Waals surface area contributed by atoms with E-state index in [0.29, 0.717) is 6.04 Å². The zero-order valence-electron chi connectivity index (χ0n) is 12.9. The Bertz CT molecular complexity index is 258. The van der Waals surface area contributed by atoms with Gasteiger partial charge in [0.25, 0.3) is 0 Å². The highest BCUT2D eigenvalue weighted by atomic mass is 15.3. The molecule has 0 aromatic heterocycles. The molecule has 0 unspecified atom stereocenters. The van der Waals surface area contributed by atoms with Crippen molar-refractivity contribution in [2.75, 3.05) is 39.3 Å². The van der Waals surface area contributed by atoms with Gasteiger partial charge in [-0.15, -0.1) is 0 Å². The van der Waals surface area contributed by atoms with Crippen molar-refractivity contribution >= 4 is 0 Å². The summed E-state index contributed by atoms with van der Waals surface area (Å²) in [7, 11) is 0. The first kappa shape index (κ1) is 14.3. The van der Waals surface area contributed by atoms with E-state index in [1.54, 1.807) is 0 Å². The van der Waals surface area contributed by atoms with E-state index in [4.69, 9.17) is 0 Å². The molecule has 0 aromatic rings. The summed E-state index contributed by atoms with van der Waals surface area (Å²) in [6.45, 7) is 19.4. The Morgan fingerprint density at radius 2 is 1.61 bits per heavy atom. The Labute approximate surface area is 113 Å². The fraction of sp³-hybridized carbons (Fsp3) is 1.00. The highest BCUT2D eigenvalue weighted by molar-refractivity contribution is 4.87. The summed E-state index contributed by atoms with van der Waals surface area (Å²) in [6, 6.07) is 2.15. The van der Waals surface area contributed by atoms with Crippen molar-refractivity contribution in [3.63, 3.8) is 0 Å². The van der Waals surface area contributed by atoms with E-state index >= 15 is 0 Å². The second-order valence-electron chi connectivity index (χ2n) is 6.85. The molecule has 0 bridgehead atoms. The Kier molecular flexibility index (Phi) is 4.68. The molecule has 3 heteroatoms. The summed E-state index contributed by atoms with van der Waals surface area (Å²) >= 11 is 0. The lowest BCUT2D eigenvalue weighted by Crippen LogP contribution is -2.58. The number of piperazine rings is 1. The molecule has 0 aromatic carbocycles. The standard InChI is InChI=1S/C15H31N3/c1-12(2)17-10-15(11-17)9-16-6-7-18(13(3)4)14(5)8-16/h12-15H,6-11H2,1-5H3/t14-/m0/s1. The smallest absolute Gasteiger partial charge is 0.0198 e. The van der Waals surface area contributed by atoms with Gasteiger partial charge < -0.3 is 9.80 Å². The van der Waals surface area contributed by atoms with Gasteiger partial charge in [0, 0.05) is 57.4 Å². The molecule has 106 valence electrons. The van der Waals surface area contributed by atoms with Crippen molar-refractivity contribution in [2.45, 2.75) is 52.7 Å². The summed E-state index contributed by atoms with van der Waals surface area (Å²) in [5.74, 6) is 0.921. The maximum Gasteiger partial charge on any atom is 0.0198 e. The Morgan fingerprint density at radius 3 is 2.11 bits per heavy atom. The van der Waals surface area contributed by atoms with Crippen molar-refractivity contribution in [3.05, 3.63) is 0 Å². The van der Waals surface area contributed by atoms with Crippen LogP contribution in [0, 0.1) is 5.92 Å². The summed E-state index contributed by atoms with van der Waals surface area (Å²) in [4.78, 5) is 7.90. The average Bonchev–Trinajstić information content (AvgIpc) is 2.21. The minimum absolute atomic E-state index is 0.697. The van der Waals surface area contributed by atoms with E-state index in [2.05, 4.69) is 49.3 Å². The van der Waals surface area contributed by atoms with Crippen LogP contribution in [0.15, 0.2) is 0 Å². The van der Waals surface area contributed by atoms with Gasteiger partial charge in [0.2, 0.25) is 0 Å². The summed E-state index contributed by atoms with van der Waals surface area (Å²) in [5, 5.41) is 0. The van der Waals surface area contributed by atoms with Crippen LogP contribution in [0.3, 0.4) is 0 Å². The van der Waals surface area contributed by atoms with Crippen LogP contribution in [0.2, 0.25) is 0 Å². The molecule has 0 amide bonds. The average molecular weight is 253 g/mol. The van der Waals surface area contributed by atoms with E-state index in [1.807, 2.05) is 0 Å². The Hall–Kier alpha value is -0.120. The predicted octanol–water partition coefficient (Wildman–Crippen LogP) is 1.74. The third-order valence-corrected chi connectivity index (χ3v) is 4.66. The molecular formula is C15H31N3. The van der Waals surface area contributed by atoms with E-state index in [-0.39, 0.29) is 0 Å². The van der Waals surface area contributed by atoms with Crippen LogP contribution in [0.25, 0.3) is 0 Å². The van der Waals surface area contributed by atoms with E-state index in [9.17, 15) is 0 Å². The van der Waals surface area contributed by atoms with E-state index in [0.717, 1.165) is 18.0 Å². The first-order chi connectivity index (χ1) is 8.47. The summed E-state index contributed by atoms with van der Waals surface area (Å²) in [5.41, 5.74) is 0. The van der Waals surface area contributed by atoms with Gasteiger partial charge in [0.05, 0.1) is 0 Å².